The van der Waals surface area contributed by atoms with Crippen LogP contribution in [0.25, 0.3) is 33.9 Å². The number of cyclic esters (lactones) is 1. The van der Waals surface area contributed by atoms with Crippen LogP contribution in [0.5, 0.6) is 5.75 Å². The smallest absolute Gasteiger partial charge is 0.312 e. The third-order valence-corrected chi connectivity index (χ3v) is 17.9. The second-order valence-corrected chi connectivity index (χ2v) is 24.2. The van der Waals surface area contributed by atoms with E-state index >= 15 is 0 Å². The first-order valence-electron chi connectivity index (χ1n) is 27.2. The van der Waals surface area contributed by atoms with Gasteiger partial charge in [0.1, 0.15) is 54.0 Å². The molecular formula is C58H83FIN5O14. The van der Waals surface area contributed by atoms with Gasteiger partial charge in [-0.25, -0.2) is 9.37 Å². The third kappa shape index (κ3) is 14.7. The summed E-state index contributed by atoms with van der Waals surface area (Å²) in [5.74, 6) is -2.22. The van der Waals surface area contributed by atoms with Crippen molar-refractivity contribution in [3.05, 3.63) is 78.9 Å². The molecule has 0 aliphatic carbocycles. The number of benzene rings is 2. The highest BCUT2D eigenvalue weighted by Crippen LogP contribution is 2.41. The molecule has 7 N–H and O–H groups in total. The number of rotatable bonds is 14. The zero-order valence-corrected chi connectivity index (χ0v) is 49.6. The molecule has 4 aromatic rings. The summed E-state index contributed by atoms with van der Waals surface area (Å²) in [5, 5.41) is 70.9. The summed E-state index contributed by atoms with van der Waals surface area (Å²) in [6, 6.07) is 16.0. The number of aliphatic hydroxyl groups excluding tert-OH is 4. The number of hydrogen-bond donors (Lipinski definition) is 7. The van der Waals surface area contributed by atoms with Crippen molar-refractivity contribution in [2.45, 2.75) is 176 Å². The lowest BCUT2D eigenvalue weighted by Crippen LogP contribution is -2.61. The Labute approximate surface area is 477 Å². The molecule has 2 aromatic carbocycles. The number of likely N-dealkylation sites (N-methyl/N-ethyl adjacent to an activating group) is 2. The standard InChI is InChI=1S/C58H83FIN5O14/c1-31-26-56(7,71)51(33(3)48(77-44-27-57(8,73-12)50(69)36(6)76-44)34(4)53(70)79-55(60)58(9,72)49(68)35(5)64(10)28-31)78-54-47(67)43(25-32(2)75-54)65(11)29-41(66)30-74-42-19-15-39(16-20-42)52-62-45(37-13-17-40(59)18-14-37)46(63-52)38-21-23-61-24-22-38/h13-24,31-36,41,43-44,47-51,54-55,66-69,71-72H,25-30H2,1-12H3,(H,62,63)/t31-,32-,33+,34-,35-,36+,41?,43?,44+,47-,48+,49-,50+,51-,54+,55+,56-,57-,58+/m1/s1. The van der Waals surface area contributed by atoms with Crippen molar-refractivity contribution in [1.82, 2.24) is 24.8 Å². The molecule has 3 fully saturated rings. The van der Waals surface area contributed by atoms with Gasteiger partial charge in [-0.2, -0.15) is 0 Å². The minimum Gasteiger partial charge on any atom is -0.491 e. The maximum absolute atomic E-state index is 14.4. The fourth-order valence-electron chi connectivity index (χ4n) is 11.5. The highest BCUT2D eigenvalue weighted by Gasteiger charge is 2.53. The monoisotopic (exact) mass is 1220 g/mol. The van der Waals surface area contributed by atoms with Crippen molar-refractivity contribution < 1.29 is 73.0 Å². The van der Waals surface area contributed by atoms with Crippen LogP contribution >= 0.6 is 22.6 Å². The van der Waals surface area contributed by atoms with Gasteiger partial charge in [0.05, 0.1) is 52.9 Å². The summed E-state index contributed by atoms with van der Waals surface area (Å²) in [5.41, 5.74) is -0.874. The van der Waals surface area contributed by atoms with E-state index in [1.54, 1.807) is 92.3 Å². The van der Waals surface area contributed by atoms with Crippen LogP contribution in [0.3, 0.4) is 0 Å². The Morgan fingerprint density at radius 1 is 0.899 bits per heavy atom. The van der Waals surface area contributed by atoms with E-state index in [9.17, 15) is 39.8 Å². The maximum Gasteiger partial charge on any atom is 0.312 e. The van der Waals surface area contributed by atoms with Crippen molar-refractivity contribution in [2.75, 3.05) is 40.9 Å². The second kappa shape index (κ2) is 26.2. The van der Waals surface area contributed by atoms with Gasteiger partial charge in [-0.1, -0.05) is 13.8 Å². The van der Waals surface area contributed by atoms with Gasteiger partial charge in [0.2, 0.25) is 0 Å². The van der Waals surface area contributed by atoms with Crippen LogP contribution in [-0.2, 0) is 33.2 Å². The van der Waals surface area contributed by atoms with E-state index in [1.165, 1.54) is 26.2 Å². The molecule has 5 heterocycles. The van der Waals surface area contributed by atoms with E-state index in [0.717, 1.165) is 22.4 Å². The fraction of sp³-hybridized carbons (Fsp3) is 0.638. The minimum absolute atomic E-state index is 0.0699. The lowest BCUT2D eigenvalue weighted by atomic mass is 9.77. The molecule has 0 amide bonds. The summed E-state index contributed by atoms with van der Waals surface area (Å²) in [6.45, 7) is 15.9. The number of alkyl halides is 1. The summed E-state index contributed by atoms with van der Waals surface area (Å²) < 4.78 is 56.7. The molecule has 79 heavy (non-hydrogen) atoms. The van der Waals surface area contributed by atoms with Gasteiger partial charge in [-0.3, -0.25) is 14.7 Å². The topological polar surface area (TPSA) is 251 Å². The van der Waals surface area contributed by atoms with E-state index in [2.05, 4.69) is 9.97 Å². The molecular weight excluding hydrogens is 1140 g/mol. The first kappa shape index (κ1) is 62.8. The number of aromatic nitrogens is 3. The van der Waals surface area contributed by atoms with E-state index < -0.39 is 112 Å². The Bertz CT molecular complexity index is 2580. The number of aliphatic hydroxyl groups is 6. The molecule has 0 spiro atoms. The fourth-order valence-corrected chi connectivity index (χ4v) is 12.2. The average Bonchev–Trinajstić information content (AvgIpc) is 3.93. The predicted octanol–water partition coefficient (Wildman–Crippen LogP) is 5.95. The number of pyridine rings is 1. The van der Waals surface area contributed by atoms with Crippen LogP contribution in [0.4, 0.5) is 4.39 Å². The zero-order chi connectivity index (χ0) is 57.9. The highest BCUT2D eigenvalue weighted by atomic mass is 127. The van der Waals surface area contributed by atoms with Crippen LogP contribution in [0.15, 0.2) is 73.1 Å². The number of aromatic amines is 1. The Balaban J connectivity index is 1.09. The number of imidazole rings is 1. The van der Waals surface area contributed by atoms with E-state index in [1.807, 2.05) is 70.5 Å². The Morgan fingerprint density at radius 2 is 1.54 bits per heavy atom. The Morgan fingerprint density at radius 3 is 2.19 bits per heavy atom. The maximum atomic E-state index is 14.4. The Kier molecular flexibility index (Phi) is 20.8. The van der Waals surface area contributed by atoms with Gasteiger partial charge in [-0.15, -0.1) is 0 Å². The van der Waals surface area contributed by atoms with E-state index in [4.69, 9.17) is 38.1 Å². The van der Waals surface area contributed by atoms with Crippen molar-refractivity contribution in [3.8, 4) is 39.7 Å². The van der Waals surface area contributed by atoms with Crippen molar-refractivity contribution >= 4 is 28.6 Å². The van der Waals surface area contributed by atoms with Crippen molar-refractivity contribution in [1.29, 1.82) is 0 Å². The highest BCUT2D eigenvalue weighted by molar-refractivity contribution is 14.1. The molecule has 19 nitrogen and oxygen atoms in total. The van der Waals surface area contributed by atoms with Crippen LogP contribution in [-0.4, -0.2) is 197 Å². The number of nitrogens with zero attached hydrogens (tertiary/aromatic N) is 4. The quantitative estimate of drug-likeness (QED) is 0.0438. The number of H-pyrrole nitrogens is 1. The summed E-state index contributed by atoms with van der Waals surface area (Å²) in [6.07, 6.45) is -6.55. The number of halogens is 2. The Hall–Kier alpha value is -3.79. The number of methoxy groups -OCH3 is 1. The molecule has 7 rings (SSSR count). The lowest BCUT2D eigenvalue weighted by molar-refractivity contribution is -0.318. The molecule has 438 valence electrons. The SMILES string of the molecule is CO[C@]1(C)C[C@H](O[C@H]2[C@H](C)[C@@H](O[C@@H]3O[C@H](C)CC(N(C)CC(O)COc4ccc(-c5nc(-c6ccncc6)c(-c6ccc(F)cc6)[nH]5)cc4)[C@H]3O)[C@](C)(O)C[C@@H](C)CN(C)[C@H](C)[C@@H](O)[C@](C)(O)[C@@H](I)OC(=O)[C@@H]2C)O[C@@H](C)[C@@H]1O. The molecule has 2 aromatic heterocycles. The zero-order valence-electron chi connectivity index (χ0n) is 47.4. The largest absolute Gasteiger partial charge is 0.491 e. The molecule has 0 radical (unpaired) electrons. The summed E-state index contributed by atoms with van der Waals surface area (Å²) >= 11 is 1.81. The average molecular weight is 1220 g/mol. The van der Waals surface area contributed by atoms with Gasteiger partial charge in [-0.05, 0) is 165 Å². The van der Waals surface area contributed by atoms with Crippen LogP contribution in [0.1, 0.15) is 81.6 Å². The van der Waals surface area contributed by atoms with E-state index in [-0.39, 0.29) is 37.7 Å². The number of carbonyl (C=O) groups is 1. The number of ether oxygens (including phenoxy) is 7. The summed E-state index contributed by atoms with van der Waals surface area (Å²) in [4.78, 5) is 30.5. The number of nitrogens with one attached hydrogen (secondary N) is 1. The molecule has 19 atom stereocenters. The van der Waals surface area contributed by atoms with Gasteiger partial charge >= 0.3 is 5.97 Å². The van der Waals surface area contributed by atoms with E-state index in [0.29, 0.717) is 30.2 Å². The number of hydrogen-bond acceptors (Lipinski definition) is 18. The van der Waals surface area contributed by atoms with Crippen molar-refractivity contribution in [2.24, 2.45) is 17.8 Å². The van der Waals surface area contributed by atoms with Crippen LogP contribution < -0.4 is 4.74 Å². The molecule has 21 heteroatoms. The molecule has 0 bridgehead atoms. The van der Waals surface area contributed by atoms with Gasteiger partial charge < -0.3 is 73.7 Å². The van der Waals surface area contributed by atoms with Gasteiger partial charge in [0.25, 0.3) is 0 Å². The van der Waals surface area contributed by atoms with Crippen LogP contribution in [0.2, 0.25) is 0 Å². The molecule has 3 aliphatic rings. The number of esters is 1. The van der Waals surface area contributed by atoms with Gasteiger partial charge in [0, 0.05) is 73.7 Å². The van der Waals surface area contributed by atoms with Crippen molar-refractivity contribution in [3.63, 3.8) is 0 Å². The normalized spacial score (nSPS) is 37.0. The van der Waals surface area contributed by atoms with Gasteiger partial charge in [0.15, 0.2) is 16.7 Å². The first-order valence-corrected chi connectivity index (χ1v) is 28.5. The lowest BCUT2D eigenvalue weighted by Gasteiger charge is -2.49. The summed E-state index contributed by atoms with van der Waals surface area (Å²) in [7, 11) is 5.08. The second-order valence-electron chi connectivity index (χ2n) is 23.1. The minimum atomic E-state index is -1.88. The van der Waals surface area contributed by atoms with Crippen LogP contribution in [0, 0.1) is 23.6 Å². The molecule has 0 saturated carbocycles. The number of carbonyl (C=O) groups excluding carboxylic acids is 1. The first-order chi connectivity index (χ1) is 37.1. The molecule has 3 aliphatic heterocycles. The molecule has 3 saturated heterocycles. The predicted molar refractivity (Wildman–Crippen MR) is 301 cm³/mol. The third-order valence-electron chi connectivity index (χ3n) is 16.4. The molecule has 2 unspecified atom stereocenters.